The van der Waals surface area contributed by atoms with Crippen molar-refractivity contribution < 1.29 is 9.18 Å². The fourth-order valence-electron chi connectivity index (χ4n) is 1.04. The summed E-state index contributed by atoms with van der Waals surface area (Å²) in [5.74, 6) is -0.592. The standard InChI is InChI=1S/C12H16FNO/c1-8-5-6-9(13)10(7-8)14-11(15)12(2,3)4/h5-7H,1-4H3,(H,14,15). The number of rotatable bonds is 1. The van der Waals surface area contributed by atoms with Crippen molar-refractivity contribution in [1.29, 1.82) is 0 Å². The summed E-state index contributed by atoms with van der Waals surface area (Å²) in [6.45, 7) is 7.22. The van der Waals surface area contributed by atoms with Crippen LogP contribution >= 0.6 is 0 Å². The highest BCUT2D eigenvalue weighted by molar-refractivity contribution is 5.94. The third-order valence-corrected chi connectivity index (χ3v) is 2.05. The Labute approximate surface area is 89.5 Å². The summed E-state index contributed by atoms with van der Waals surface area (Å²) in [5, 5.41) is 2.58. The van der Waals surface area contributed by atoms with E-state index in [4.69, 9.17) is 0 Å². The molecule has 2 nitrogen and oxygen atoms in total. The first-order valence-electron chi connectivity index (χ1n) is 4.88. The molecule has 0 bridgehead atoms. The van der Waals surface area contributed by atoms with E-state index in [1.165, 1.54) is 6.07 Å². The summed E-state index contributed by atoms with van der Waals surface area (Å²) in [6, 6.07) is 4.65. The van der Waals surface area contributed by atoms with Crippen molar-refractivity contribution in [3.8, 4) is 0 Å². The van der Waals surface area contributed by atoms with Gasteiger partial charge in [0.2, 0.25) is 5.91 Å². The lowest BCUT2D eigenvalue weighted by molar-refractivity contribution is -0.123. The number of amides is 1. The van der Waals surface area contributed by atoms with Crippen LogP contribution in [0.1, 0.15) is 26.3 Å². The van der Waals surface area contributed by atoms with Gasteiger partial charge in [-0.1, -0.05) is 26.8 Å². The Balaban J connectivity index is 2.90. The second-order valence-electron chi connectivity index (χ2n) is 4.69. The minimum absolute atomic E-state index is 0.188. The van der Waals surface area contributed by atoms with Crippen LogP contribution in [0.5, 0.6) is 0 Å². The minimum Gasteiger partial charge on any atom is -0.323 e. The van der Waals surface area contributed by atoms with Crippen molar-refractivity contribution in [2.45, 2.75) is 27.7 Å². The van der Waals surface area contributed by atoms with Gasteiger partial charge < -0.3 is 5.32 Å². The summed E-state index contributed by atoms with van der Waals surface area (Å²) in [4.78, 5) is 11.6. The average Bonchev–Trinajstić information content (AvgIpc) is 2.09. The van der Waals surface area contributed by atoms with Crippen LogP contribution in [0.25, 0.3) is 0 Å². The van der Waals surface area contributed by atoms with Crippen LogP contribution in [0.3, 0.4) is 0 Å². The van der Waals surface area contributed by atoms with E-state index in [0.717, 1.165) is 5.56 Å². The van der Waals surface area contributed by atoms with E-state index in [1.54, 1.807) is 32.9 Å². The number of nitrogens with one attached hydrogen (secondary N) is 1. The van der Waals surface area contributed by atoms with E-state index in [9.17, 15) is 9.18 Å². The van der Waals surface area contributed by atoms with Gasteiger partial charge >= 0.3 is 0 Å². The number of benzene rings is 1. The Morgan fingerprint density at radius 3 is 2.47 bits per heavy atom. The molecule has 1 aromatic rings. The van der Waals surface area contributed by atoms with E-state index in [0.29, 0.717) is 0 Å². The maximum atomic E-state index is 13.3. The largest absolute Gasteiger partial charge is 0.323 e. The molecule has 15 heavy (non-hydrogen) atoms. The second-order valence-corrected chi connectivity index (χ2v) is 4.69. The van der Waals surface area contributed by atoms with Crippen molar-refractivity contribution in [2.75, 3.05) is 5.32 Å². The maximum Gasteiger partial charge on any atom is 0.229 e. The van der Waals surface area contributed by atoms with Crippen LogP contribution in [-0.4, -0.2) is 5.91 Å². The van der Waals surface area contributed by atoms with Gasteiger partial charge in [-0.3, -0.25) is 4.79 Å². The number of halogens is 1. The van der Waals surface area contributed by atoms with E-state index in [2.05, 4.69) is 5.32 Å². The summed E-state index contributed by atoms with van der Waals surface area (Å²) in [5.41, 5.74) is 0.645. The molecule has 0 fully saturated rings. The van der Waals surface area contributed by atoms with Gasteiger partial charge in [-0.15, -0.1) is 0 Å². The number of hydrogen-bond donors (Lipinski definition) is 1. The Kier molecular flexibility index (Phi) is 3.12. The number of aryl methyl sites for hydroxylation is 1. The van der Waals surface area contributed by atoms with Crippen molar-refractivity contribution in [1.82, 2.24) is 0 Å². The number of hydrogen-bond acceptors (Lipinski definition) is 1. The summed E-state index contributed by atoms with van der Waals surface area (Å²) in [7, 11) is 0. The van der Waals surface area contributed by atoms with E-state index in [1.807, 2.05) is 6.92 Å². The topological polar surface area (TPSA) is 29.1 Å². The highest BCUT2D eigenvalue weighted by atomic mass is 19.1. The van der Waals surface area contributed by atoms with Gasteiger partial charge in [0.25, 0.3) is 0 Å². The molecule has 0 radical (unpaired) electrons. The first-order valence-corrected chi connectivity index (χ1v) is 4.88. The zero-order valence-electron chi connectivity index (χ0n) is 9.52. The Hall–Kier alpha value is -1.38. The molecule has 0 aliphatic rings. The molecule has 1 N–H and O–H groups in total. The highest BCUT2D eigenvalue weighted by Gasteiger charge is 2.22. The molecule has 0 saturated carbocycles. The average molecular weight is 209 g/mol. The zero-order valence-corrected chi connectivity index (χ0v) is 9.52. The predicted octanol–water partition coefficient (Wildman–Crippen LogP) is 3.12. The Bertz CT molecular complexity index is 380. The first-order chi connectivity index (χ1) is 6.80. The third-order valence-electron chi connectivity index (χ3n) is 2.05. The van der Waals surface area contributed by atoms with Crippen LogP contribution < -0.4 is 5.32 Å². The van der Waals surface area contributed by atoms with E-state index >= 15 is 0 Å². The molecule has 0 atom stereocenters. The molecule has 0 aliphatic heterocycles. The quantitative estimate of drug-likeness (QED) is 0.756. The van der Waals surface area contributed by atoms with Crippen molar-refractivity contribution in [3.63, 3.8) is 0 Å². The Morgan fingerprint density at radius 1 is 1.33 bits per heavy atom. The van der Waals surface area contributed by atoms with Crippen molar-refractivity contribution >= 4 is 11.6 Å². The first kappa shape index (κ1) is 11.7. The van der Waals surface area contributed by atoms with Crippen LogP contribution in [-0.2, 0) is 4.79 Å². The normalized spacial score (nSPS) is 11.3. The molecule has 0 aliphatic carbocycles. The van der Waals surface area contributed by atoms with Crippen LogP contribution in [0, 0.1) is 18.2 Å². The van der Waals surface area contributed by atoms with Gasteiger partial charge in [0, 0.05) is 5.41 Å². The van der Waals surface area contributed by atoms with Crippen molar-refractivity contribution in [3.05, 3.63) is 29.6 Å². The lowest BCUT2D eigenvalue weighted by Gasteiger charge is -2.18. The van der Waals surface area contributed by atoms with Gasteiger partial charge in [-0.05, 0) is 24.6 Å². The third kappa shape index (κ3) is 3.05. The second kappa shape index (κ2) is 4.01. The fraction of sp³-hybridized carbons (Fsp3) is 0.417. The fourth-order valence-corrected chi connectivity index (χ4v) is 1.04. The Morgan fingerprint density at radius 2 is 1.93 bits per heavy atom. The molecule has 3 heteroatoms. The van der Waals surface area contributed by atoms with Crippen LogP contribution in [0.15, 0.2) is 18.2 Å². The molecule has 0 aromatic heterocycles. The number of carbonyl (C=O) groups is 1. The molecular formula is C12H16FNO. The lowest BCUT2D eigenvalue weighted by atomic mass is 9.95. The van der Waals surface area contributed by atoms with Gasteiger partial charge in [-0.2, -0.15) is 0 Å². The van der Waals surface area contributed by atoms with Gasteiger partial charge in [0.05, 0.1) is 5.69 Å². The van der Waals surface area contributed by atoms with E-state index in [-0.39, 0.29) is 11.6 Å². The number of carbonyl (C=O) groups excluding carboxylic acids is 1. The van der Waals surface area contributed by atoms with Crippen LogP contribution in [0.2, 0.25) is 0 Å². The molecule has 0 spiro atoms. The lowest BCUT2D eigenvalue weighted by Crippen LogP contribution is -2.28. The molecular weight excluding hydrogens is 193 g/mol. The molecule has 0 unspecified atom stereocenters. The molecule has 82 valence electrons. The maximum absolute atomic E-state index is 13.3. The minimum atomic E-state index is -0.518. The SMILES string of the molecule is Cc1ccc(F)c(NC(=O)C(C)(C)C)c1. The van der Waals surface area contributed by atoms with Crippen molar-refractivity contribution in [2.24, 2.45) is 5.41 Å². The molecule has 0 heterocycles. The smallest absolute Gasteiger partial charge is 0.229 e. The van der Waals surface area contributed by atoms with Gasteiger partial charge in [-0.25, -0.2) is 4.39 Å². The number of anilines is 1. The van der Waals surface area contributed by atoms with Crippen LogP contribution in [0.4, 0.5) is 10.1 Å². The highest BCUT2D eigenvalue weighted by Crippen LogP contribution is 2.20. The predicted molar refractivity (Wildman–Crippen MR) is 59.2 cm³/mol. The molecule has 1 amide bonds. The molecule has 0 saturated heterocycles. The summed E-state index contributed by atoms with van der Waals surface area (Å²) < 4.78 is 13.3. The zero-order chi connectivity index (χ0) is 11.6. The molecule has 1 aromatic carbocycles. The summed E-state index contributed by atoms with van der Waals surface area (Å²) in [6.07, 6.45) is 0. The van der Waals surface area contributed by atoms with Gasteiger partial charge in [0.15, 0.2) is 0 Å². The summed E-state index contributed by atoms with van der Waals surface area (Å²) >= 11 is 0. The monoisotopic (exact) mass is 209 g/mol. The van der Waals surface area contributed by atoms with Gasteiger partial charge in [0.1, 0.15) is 5.82 Å². The molecule has 1 rings (SSSR count). The van der Waals surface area contributed by atoms with E-state index < -0.39 is 11.2 Å².